The first-order valence-electron chi connectivity index (χ1n) is 5.04. The Hall–Kier alpha value is -2.57. The molecule has 0 bridgehead atoms. The molecule has 0 saturated heterocycles. The highest BCUT2D eigenvalue weighted by molar-refractivity contribution is 6.28. The Labute approximate surface area is 105 Å². The van der Waals surface area contributed by atoms with Crippen LogP contribution in [0.2, 0.25) is 0 Å². The molecule has 0 saturated carbocycles. The third kappa shape index (κ3) is 2.65. The van der Waals surface area contributed by atoms with Gasteiger partial charge in [0, 0.05) is 12.2 Å². The van der Waals surface area contributed by atoms with Gasteiger partial charge >= 0.3 is 12.1 Å². The molecular weight excluding hydrogens is 263 g/mol. The van der Waals surface area contributed by atoms with E-state index in [4.69, 9.17) is 0 Å². The Morgan fingerprint density at radius 1 is 0.947 bits per heavy atom. The third-order valence-corrected chi connectivity index (χ3v) is 2.26. The van der Waals surface area contributed by atoms with E-state index in [1.54, 1.807) is 0 Å². The minimum atomic E-state index is -2.57. The Kier molecular flexibility index (Phi) is 3.37. The van der Waals surface area contributed by atoms with Gasteiger partial charge in [-0.3, -0.25) is 9.59 Å². The summed E-state index contributed by atoms with van der Waals surface area (Å²) in [5.74, 6) is -1.21. The van der Waals surface area contributed by atoms with Gasteiger partial charge < -0.3 is 4.74 Å². The van der Waals surface area contributed by atoms with Crippen LogP contribution in [-0.2, 0) is 9.59 Å². The first-order chi connectivity index (χ1) is 8.99. The first-order valence-corrected chi connectivity index (χ1v) is 5.04. The predicted molar refractivity (Wildman–Crippen MR) is 59.1 cm³/mol. The van der Waals surface area contributed by atoms with E-state index in [-0.39, 0.29) is 11.4 Å². The number of imide groups is 1. The van der Waals surface area contributed by atoms with Gasteiger partial charge in [-0.25, -0.2) is 4.90 Å². The zero-order valence-corrected chi connectivity index (χ0v) is 9.27. The summed E-state index contributed by atoms with van der Waals surface area (Å²) in [6.07, 6.45) is -0.362. The van der Waals surface area contributed by atoms with Crippen LogP contribution in [0.4, 0.5) is 18.9 Å². The Morgan fingerprint density at radius 3 is 1.95 bits per heavy atom. The van der Waals surface area contributed by atoms with E-state index in [1.165, 1.54) is 12.1 Å². The number of carbonyl (C=O) groups excluding carboxylic acids is 2. The molecule has 0 unspecified atom stereocenters. The van der Waals surface area contributed by atoms with Gasteiger partial charge in [-0.05, 0) is 24.3 Å². The number of amides is 2. The molecule has 7 heteroatoms. The first kappa shape index (κ1) is 12.9. The van der Waals surface area contributed by atoms with Crippen LogP contribution in [-0.4, -0.2) is 11.8 Å². The minimum Gasteiger partial charge on any atom is -0.428 e. The molecule has 0 aliphatic carbocycles. The Bertz CT molecular complexity index is 571. The largest absolute Gasteiger partial charge is 0.428 e. The van der Waals surface area contributed by atoms with Crippen LogP contribution in [0.3, 0.4) is 0 Å². The SMILES string of the molecule is O=C1C=CC(=O)N1c1ccc(OC(F)=C(F)F)cc1. The van der Waals surface area contributed by atoms with Crippen LogP contribution in [0.15, 0.2) is 48.5 Å². The highest BCUT2D eigenvalue weighted by Gasteiger charge is 2.24. The molecule has 1 aliphatic rings. The second kappa shape index (κ2) is 4.97. The number of halogens is 3. The number of anilines is 1. The van der Waals surface area contributed by atoms with Crippen molar-refractivity contribution in [3.63, 3.8) is 0 Å². The molecule has 2 rings (SSSR count). The zero-order valence-electron chi connectivity index (χ0n) is 9.27. The molecule has 0 aromatic heterocycles. The third-order valence-electron chi connectivity index (χ3n) is 2.26. The standard InChI is InChI=1S/C12H6F3NO3/c13-11(14)12(15)19-8-3-1-7(2-4-8)16-9(17)5-6-10(16)18/h1-6H. The Balaban J connectivity index is 2.18. The van der Waals surface area contributed by atoms with Crippen LogP contribution in [0.25, 0.3) is 0 Å². The van der Waals surface area contributed by atoms with Crippen LogP contribution < -0.4 is 9.64 Å². The average molecular weight is 269 g/mol. The van der Waals surface area contributed by atoms with Crippen molar-refractivity contribution >= 4 is 17.5 Å². The fourth-order valence-corrected chi connectivity index (χ4v) is 1.46. The molecule has 4 nitrogen and oxygen atoms in total. The van der Waals surface area contributed by atoms with Crippen LogP contribution in [0, 0.1) is 0 Å². The molecule has 1 heterocycles. The minimum absolute atomic E-state index is 0.180. The summed E-state index contributed by atoms with van der Waals surface area (Å²) in [4.78, 5) is 23.6. The van der Waals surface area contributed by atoms with Crippen molar-refractivity contribution in [2.45, 2.75) is 0 Å². The van der Waals surface area contributed by atoms with E-state index in [9.17, 15) is 22.8 Å². The highest BCUT2D eigenvalue weighted by atomic mass is 19.3. The van der Waals surface area contributed by atoms with Gasteiger partial charge in [0.15, 0.2) is 0 Å². The molecule has 1 aliphatic heterocycles. The van der Waals surface area contributed by atoms with Crippen molar-refractivity contribution in [2.24, 2.45) is 0 Å². The lowest BCUT2D eigenvalue weighted by molar-refractivity contribution is -0.119. The second-order valence-corrected chi connectivity index (χ2v) is 3.48. The fraction of sp³-hybridized carbons (Fsp3) is 0. The van der Waals surface area contributed by atoms with E-state index >= 15 is 0 Å². The van der Waals surface area contributed by atoms with Crippen molar-refractivity contribution < 1.29 is 27.5 Å². The second-order valence-electron chi connectivity index (χ2n) is 3.48. The summed E-state index contributed by atoms with van der Waals surface area (Å²) in [7, 11) is 0. The molecule has 0 radical (unpaired) electrons. The van der Waals surface area contributed by atoms with Crippen molar-refractivity contribution in [1.29, 1.82) is 0 Å². The number of hydrogen-bond acceptors (Lipinski definition) is 3. The van der Waals surface area contributed by atoms with E-state index in [1.807, 2.05) is 0 Å². The van der Waals surface area contributed by atoms with Gasteiger partial charge in [-0.1, -0.05) is 0 Å². The quantitative estimate of drug-likeness (QED) is 0.625. The number of benzene rings is 1. The van der Waals surface area contributed by atoms with Crippen LogP contribution in [0.1, 0.15) is 0 Å². The summed E-state index contributed by atoms with van der Waals surface area (Å²) in [5, 5.41) is 0. The lowest BCUT2D eigenvalue weighted by Gasteiger charge is -2.13. The molecule has 98 valence electrons. The van der Waals surface area contributed by atoms with Crippen LogP contribution in [0.5, 0.6) is 5.75 Å². The van der Waals surface area contributed by atoms with Crippen molar-refractivity contribution in [1.82, 2.24) is 0 Å². The molecule has 1 aromatic rings. The van der Waals surface area contributed by atoms with E-state index < -0.39 is 23.9 Å². The van der Waals surface area contributed by atoms with E-state index in [0.717, 1.165) is 29.2 Å². The van der Waals surface area contributed by atoms with Gasteiger partial charge in [0.2, 0.25) is 0 Å². The topological polar surface area (TPSA) is 46.6 Å². The molecule has 0 fully saturated rings. The molecule has 0 spiro atoms. The maximum atomic E-state index is 12.5. The van der Waals surface area contributed by atoms with E-state index in [2.05, 4.69) is 4.74 Å². The number of carbonyl (C=O) groups is 2. The fourth-order valence-electron chi connectivity index (χ4n) is 1.46. The van der Waals surface area contributed by atoms with Gasteiger partial charge in [0.1, 0.15) is 5.75 Å². The summed E-state index contributed by atoms with van der Waals surface area (Å²) in [6, 6.07) is 2.89. The molecule has 0 atom stereocenters. The summed E-state index contributed by atoms with van der Waals surface area (Å²) in [6.45, 7) is 0. The smallest absolute Gasteiger partial charge is 0.344 e. The molecule has 1 aromatic carbocycles. The normalized spacial score (nSPS) is 13.9. The maximum Gasteiger partial charge on any atom is 0.344 e. The predicted octanol–water partition coefficient (Wildman–Crippen LogP) is 2.53. The monoisotopic (exact) mass is 269 g/mol. The lowest BCUT2D eigenvalue weighted by Crippen LogP contribution is -2.29. The Morgan fingerprint density at radius 2 is 1.47 bits per heavy atom. The molecule has 19 heavy (non-hydrogen) atoms. The van der Waals surface area contributed by atoms with Crippen molar-refractivity contribution in [3.05, 3.63) is 48.5 Å². The maximum absolute atomic E-state index is 12.5. The highest BCUT2D eigenvalue weighted by Crippen LogP contribution is 2.24. The van der Waals surface area contributed by atoms with Crippen LogP contribution >= 0.6 is 0 Å². The summed E-state index contributed by atoms with van der Waals surface area (Å²) < 4.78 is 40.4. The molecule has 0 N–H and O–H groups in total. The summed E-state index contributed by atoms with van der Waals surface area (Å²) in [5.41, 5.74) is 0.234. The molecular formula is C12H6F3NO3. The zero-order chi connectivity index (χ0) is 14.0. The van der Waals surface area contributed by atoms with Gasteiger partial charge in [-0.15, -0.1) is 0 Å². The van der Waals surface area contributed by atoms with Crippen molar-refractivity contribution in [3.8, 4) is 5.75 Å². The van der Waals surface area contributed by atoms with Gasteiger partial charge in [-0.2, -0.15) is 13.2 Å². The van der Waals surface area contributed by atoms with Crippen molar-refractivity contribution in [2.75, 3.05) is 4.90 Å². The number of rotatable bonds is 3. The number of hydrogen-bond donors (Lipinski definition) is 0. The van der Waals surface area contributed by atoms with E-state index in [0.29, 0.717) is 0 Å². The van der Waals surface area contributed by atoms with Gasteiger partial charge in [0.05, 0.1) is 5.69 Å². The lowest BCUT2D eigenvalue weighted by atomic mass is 10.3. The number of nitrogens with zero attached hydrogens (tertiary/aromatic N) is 1. The summed E-state index contributed by atoms with van der Waals surface area (Å²) >= 11 is 0. The average Bonchev–Trinajstić information content (AvgIpc) is 2.70. The number of ether oxygens (including phenoxy) is 1. The van der Waals surface area contributed by atoms with Gasteiger partial charge in [0.25, 0.3) is 11.8 Å². The molecule has 2 amide bonds.